The summed E-state index contributed by atoms with van der Waals surface area (Å²) in [5, 5.41) is 0.309. The average Bonchev–Trinajstić information content (AvgIpc) is 2.50. The molecule has 0 spiro atoms. The molecule has 1 atom stereocenters. The van der Waals surface area contributed by atoms with Gasteiger partial charge in [0.2, 0.25) is 0 Å². The molecule has 0 saturated carbocycles. The molecule has 0 bridgehead atoms. The maximum absolute atomic E-state index is 14.1. The van der Waals surface area contributed by atoms with Crippen molar-refractivity contribution in [3.05, 3.63) is 36.0 Å². The molecule has 20 heavy (non-hydrogen) atoms. The Balaban J connectivity index is 2.09. The van der Waals surface area contributed by atoms with E-state index in [1.807, 2.05) is 0 Å². The van der Waals surface area contributed by atoms with Crippen LogP contribution in [0.5, 0.6) is 0 Å². The van der Waals surface area contributed by atoms with E-state index in [1.165, 1.54) is 12.5 Å². The lowest BCUT2D eigenvalue weighted by Crippen LogP contribution is -2.35. The smallest absolute Gasteiger partial charge is 0.149 e. The first-order valence-corrected chi connectivity index (χ1v) is 7.18. The van der Waals surface area contributed by atoms with Crippen molar-refractivity contribution in [2.45, 2.75) is 26.2 Å². The molecule has 1 aliphatic heterocycles. The van der Waals surface area contributed by atoms with Crippen LogP contribution in [-0.2, 0) is 0 Å². The van der Waals surface area contributed by atoms with Crippen molar-refractivity contribution >= 4 is 16.6 Å². The van der Waals surface area contributed by atoms with Crippen LogP contribution < -0.4 is 4.90 Å². The van der Waals surface area contributed by atoms with Crippen LogP contribution in [0.25, 0.3) is 10.9 Å². The summed E-state index contributed by atoms with van der Waals surface area (Å²) in [5.74, 6) is -0.237. The molecule has 1 unspecified atom stereocenters. The van der Waals surface area contributed by atoms with Gasteiger partial charge in [0.1, 0.15) is 17.2 Å². The van der Waals surface area contributed by atoms with Crippen molar-refractivity contribution < 1.29 is 8.78 Å². The van der Waals surface area contributed by atoms with Gasteiger partial charge in [0.25, 0.3) is 0 Å². The Morgan fingerprint density at radius 1 is 1.25 bits per heavy atom. The highest BCUT2D eigenvalue weighted by Gasteiger charge is 2.22. The topological polar surface area (TPSA) is 16.1 Å². The van der Waals surface area contributed by atoms with Crippen molar-refractivity contribution in [1.29, 1.82) is 0 Å². The van der Waals surface area contributed by atoms with Crippen molar-refractivity contribution in [2.24, 2.45) is 5.92 Å². The van der Waals surface area contributed by atoms with Gasteiger partial charge in [-0.2, -0.15) is 0 Å². The number of aromatic nitrogens is 1. The van der Waals surface area contributed by atoms with Crippen LogP contribution in [0.2, 0.25) is 0 Å². The first-order valence-electron chi connectivity index (χ1n) is 7.18. The molecule has 1 aromatic carbocycles. The zero-order chi connectivity index (χ0) is 14.1. The molecular weight excluding hydrogens is 258 g/mol. The summed E-state index contributed by atoms with van der Waals surface area (Å²) in [6.45, 7) is 3.98. The van der Waals surface area contributed by atoms with Gasteiger partial charge in [-0.1, -0.05) is 13.3 Å². The van der Waals surface area contributed by atoms with Crippen molar-refractivity contribution in [2.75, 3.05) is 18.0 Å². The van der Waals surface area contributed by atoms with Gasteiger partial charge in [0.15, 0.2) is 0 Å². The number of piperidine rings is 1. The van der Waals surface area contributed by atoms with Crippen LogP contribution in [0, 0.1) is 17.6 Å². The van der Waals surface area contributed by atoms with Gasteiger partial charge < -0.3 is 4.90 Å². The number of hydrogen-bond donors (Lipinski definition) is 0. The summed E-state index contributed by atoms with van der Waals surface area (Å²) in [6, 6.07) is 4.12. The minimum Gasteiger partial charge on any atom is -0.371 e. The number of pyridine rings is 1. The zero-order valence-electron chi connectivity index (χ0n) is 11.6. The standard InChI is InChI=1S/C16H18F2N2/c1-2-11-4-3-9-20(10-11)14-7-8-19-16-13(18)6-5-12(17)15(14)16/h5-8,11H,2-4,9-10H2,1H3. The molecule has 2 heterocycles. The summed E-state index contributed by atoms with van der Waals surface area (Å²) in [6.07, 6.45) is 5.00. The molecule has 1 aromatic heterocycles. The molecule has 1 aliphatic rings. The van der Waals surface area contributed by atoms with Crippen LogP contribution in [0.3, 0.4) is 0 Å². The zero-order valence-corrected chi connectivity index (χ0v) is 11.6. The van der Waals surface area contributed by atoms with E-state index in [2.05, 4.69) is 16.8 Å². The Kier molecular flexibility index (Phi) is 3.55. The van der Waals surface area contributed by atoms with E-state index >= 15 is 0 Å². The molecule has 1 saturated heterocycles. The molecule has 0 N–H and O–H groups in total. The van der Waals surface area contributed by atoms with Crippen molar-refractivity contribution in [3.63, 3.8) is 0 Å². The van der Waals surface area contributed by atoms with Gasteiger partial charge in [-0.15, -0.1) is 0 Å². The maximum Gasteiger partial charge on any atom is 0.149 e. The van der Waals surface area contributed by atoms with Gasteiger partial charge >= 0.3 is 0 Å². The maximum atomic E-state index is 14.1. The minimum absolute atomic E-state index is 0.126. The van der Waals surface area contributed by atoms with E-state index in [-0.39, 0.29) is 5.52 Å². The molecule has 0 radical (unpaired) electrons. The minimum atomic E-state index is -0.465. The largest absolute Gasteiger partial charge is 0.371 e. The molecular formula is C16H18F2N2. The quantitative estimate of drug-likeness (QED) is 0.819. The highest BCUT2D eigenvalue weighted by molar-refractivity contribution is 5.92. The predicted octanol–water partition coefficient (Wildman–Crippen LogP) is 4.14. The summed E-state index contributed by atoms with van der Waals surface area (Å²) < 4.78 is 27.9. The fraction of sp³-hybridized carbons (Fsp3) is 0.438. The molecule has 2 nitrogen and oxygen atoms in total. The second kappa shape index (κ2) is 5.35. The number of hydrogen-bond acceptors (Lipinski definition) is 2. The van der Waals surface area contributed by atoms with E-state index in [9.17, 15) is 8.78 Å². The summed E-state index contributed by atoms with van der Waals surface area (Å²) >= 11 is 0. The third-order valence-electron chi connectivity index (χ3n) is 4.21. The monoisotopic (exact) mass is 276 g/mol. The highest BCUT2D eigenvalue weighted by atomic mass is 19.1. The third kappa shape index (κ3) is 2.23. The van der Waals surface area contributed by atoms with E-state index in [0.717, 1.165) is 37.7 Å². The van der Waals surface area contributed by atoms with Crippen LogP contribution in [0.1, 0.15) is 26.2 Å². The Morgan fingerprint density at radius 3 is 2.85 bits per heavy atom. The number of rotatable bonds is 2. The lowest BCUT2D eigenvalue weighted by Gasteiger charge is -2.34. The van der Waals surface area contributed by atoms with Crippen LogP contribution in [0.15, 0.2) is 24.4 Å². The van der Waals surface area contributed by atoms with E-state index in [0.29, 0.717) is 11.3 Å². The van der Waals surface area contributed by atoms with Crippen molar-refractivity contribution in [1.82, 2.24) is 4.98 Å². The second-order valence-corrected chi connectivity index (χ2v) is 5.45. The number of fused-ring (bicyclic) bond motifs is 1. The summed E-state index contributed by atoms with van der Waals surface area (Å²) in [5.41, 5.74) is 0.895. The number of nitrogens with zero attached hydrogens (tertiary/aromatic N) is 2. The van der Waals surface area contributed by atoms with E-state index in [1.54, 1.807) is 12.3 Å². The third-order valence-corrected chi connectivity index (χ3v) is 4.21. The molecule has 1 fully saturated rings. The normalized spacial score (nSPS) is 19.6. The molecule has 2 aromatic rings. The number of benzene rings is 1. The molecule has 0 amide bonds. The molecule has 4 heteroatoms. The van der Waals surface area contributed by atoms with E-state index in [4.69, 9.17) is 0 Å². The second-order valence-electron chi connectivity index (χ2n) is 5.45. The fourth-order valence-corrected chi connectivity index (χ4v) is 3.06. The van der Waals surface area contributed by atoms with Gasteiger partial charge in [-0.25, -0.2) is 8.78 Å². The highest BCUT2D eigenvalue weighted by Crippen LogP contribution is 2.32. The lowest BCUT2D eigenvalue weighted by atomic mass is 9.95. The van der Waals surface area contributed by atoms with Crippen molar-refractivity contribution in [3.8, 4) is 0 Å². The molecule has 3 rings (SSSR count). The summed E-state index contributed by atoms with van der Waals surface area (Å²) in [4.78, 5) is 6.17. The Hall–Kier alpha value is -1.71. The van der Waals surface area contributed by atoms with Gasteiger partial charge in [-0.05, 0) is 37.0 Å². The molecule has 0 aliphatic carbocycles. The predicted molar refractivity (Wildman–Crippen MR) is 76.9 cm³/mol. The summed E-state index contributed by atoms with van der Waals surface area (Å²) in [7, 11) is 0. The first-order chi connectivity index (χ1) is 9.70. The number of halogens is 2. The van der Waals surface area contributed by atoms with Crippen LogP contribution in [0.4, 0.5) is 14.5 Å². The van der Waals surface area contributed by atoms with E-state index < -0.39 is 11.6 Å². The Bertz CT molecular complexity index is 627. The average molecular weight is 276 g/mol. The Labute approximate surface area is 117 Å². The van der Waals surface area contributed by atoms with Crippen LogP contribution >= 0.6 is 0 Å². The number of anilines is 1. The first kappa shape index (κ1) is 13.3. The SMILES string of the molecule is CCC1CCCN(c2ccnc3c(F)ccc(F)c23)C1. The molecule has 106 valence electrons. The van der Waals surface area contributed by atoms with Gasteiger partial charge in [-0.3, -0.25) is 4.98 Å². The fourth-order valence-electron chi connectivity index (χ4n) is 3.06. The Morgan fingerprint density at radius 2 is 2.05 bits per heavy atom. The van der Waals surface area contributed by atoms with Crippen LogP contribution in [-0.4, -0.2) is 18.1 Å². The van der Waals surface area contributed by atoms with Gasteiger partial charge in [0.05, 0.1) is 11.1 Å². The van der Waals surface area contributed by atoms with Gasteiger partial charge in [0, 0.05) is 19.3 Å². The lowest BCUT2D eigenvalue weighted by molar-refractivity contribution is 0.405.